The Balaban J connectivity index is 1.28. The molecule has 33 heavy (non-hydrogen) atoms. The van der Waals surface area contributed by atoms with Crippen LogP contribution >= 0.6 is 11.3 Å². The Labute approximate surface area is 193 Å². The maximum Gasteiger partial charge on any atom is 0.259 e. The number of fused-ring (bicyclic) bond motifs is 1. The highest BCUT2D eigenvalue weighted by atomic mass is 32.1. The van der Waals surface area contributed by atoms with Gasteiger partial charge in [0.25, 0.3) is 11.6 Å². The fraction of sp³-hybridized carbons (Fsp3) is 0.318. The molecule has 0 unspecified atom stereocenters. The van der Waals surface area contributed by atoms with Crippen molar-refractivity contribution in [3.05, 3.63) is 46.7 Å². The molecular weight excluding hydrogens is 444 g/mol. The molecule has 5 rings (SSSR count). The van der Waals surface area contributed by atoms with Gasteiger partial charge in [0.05, 0.1) is 33.8 Å². The molecule has 0 saturated carbocycles. The summed E-state index contributed by atoms with van der Waals surface area (Å²) in [5.41, 5.74) is 2.22. The van der Waals surface area contributed by atoms with Gasteiger partial charge in [-0.3, -0.25) is 14.5 Å². The van der Waals surface area contributed by atoms with E-state index < -0.39 is 0 Å². The van der Waals surface area contributed by atoms with E-state index in [1.165, 1.54) is 0 Å². The van der Waals surface area contributed by atoms with E-state index in [9.17, 15) is 9.59 Å². The first-order valence-electron chi connectivity index (χ1n) is 10.5. The molecule has 0 atom stereocenters. The normalized spacial score (nSPS) is 14.7. The Morgan fingerprint density at radius 3 is 2.64 bits per heavy atom. The third-order valence-corrected chi connectivity index (χ3v) is 6.44. The number of rotatable bonds is 5. The van der Waals surface area contributed by atoms with Gasteiger partial charge in [0.2, 0.25) is 5.91 Å². The van der Waals surface area contributed by atoms with E-state index in [2.05, 4.69) is 20.6 Å². The van der Waals surface area contributed by atoms with Crippen molar-refractivity contribution in [2.75, 3.05) is 38.0 Å². The van der Waals surface area contributed by atoms with E-state index in [4.69, 9.17) is 9.05 Å². The number of hydrogen-bond donors (Lipinski definition) is 1. The Hall–Kier alpha value is -3.57. The second-order valence-corrected chi connectivity index (χ2v) is 8.87. The lowest BCUT2D eigenvalue weighted by Crippen LogP contribution is -2.50. The van der Waals surface area contributed by atoms with Crippen LogP contribution in [0.25, 0.3) is 21.7 Å². The zero-order chi connectivity index (χ0) is 22.9. The van der Waals surface area contributed by atoms with Crippen molar-refractivity contribution in [2.45, 2.75) is 13.8 Å². The van der Waals surface area contributed by atoms with E-state index in [0.29, 0.717) is 65.8 Å². The van der Waals surface area contributed by atoms with Crippen LogP contribution in [0.5, 0.6) is 0 Å². The molecule has 4 aromatic heterocycles. The number of carbonyl (C=O) groups excluding carboxylic acids is 2. The first-order valence-corrected chi connectivity index (χ1v) is 11.4. The average Bonchev–Trinajstić information content (AvgIpc) is 3.56. The van der Waals surface area contributed by atoms with Gasteiger partial charge in [0.1, 0.15) is 5.76 Å². The molecule has 10 nitrogen and oxygen atoms in total. The lowest BCUT2D eigenvalue weighted by Gasteiger charge is -2.34. The molecule has 1 saturated heterocycles. The highest BCUT2D eigenvalue weighted by molar-refractivity contribution is 7.13. The van der Waals surface area contributed by atoms with E-state index in [1.54, 1.807) is 29.2 Å². The molecule has 11 heteroatoms. The van der Waals surface area contributed by atoms with Crippen LogP contribution in [0.2, 0.25) is 0 Å². The van der Waals surface area contributed by atoms with E-state index in [1.807, 2.05) is 35.4 Å². The Morgan fingerprint density at radius 2 is 1.94 bits per heavy atom. The van der Waals surface area contributed by atoms with E-state index >= 15 is 0 Å². The summed E-state index contributed by atoms with van der Waals surface area (Å²) in [7, 11) is 0. The summed E-state index contributed by atoms with van der Waals surface area (Å²) in [6.07, 6.45) is 0. The molecule has 0 spiro atoms. The van der Waals surface area contributed by atoms with Crippen molar-refractivity contribution in [2.24, 2.45) is 0 Å². The largest absolute Gasteiger partial charge is 0.360 e. The van der Waals surface area contributed by atoms with E-state index in [-0.39, 0.29) is 18.4 Å². The average molecular weight is 467 g/mol. The fourth-order valence-corrected chi connectivity index (χ4v) is 4.59. The number of piperazine rings is 1. The first-order chi connectivity index (χ1) is 16.0. The number of amides is 2. The maximum absolute atomic E-state index is 13.5. The Kier molecular flexibility index (Phi) is 5.65. The second-order valence-electron chi connectivity index (χ2n) is 7.92. The molecule has 0 aliphatic carbocycles. The first kappa shape index (κ1) is 21.3. The fourth-order valence-electron chi connectivity index (χ4n) is 3.90. The van der Waals surface area contributed by atoms with Crippen molar-refractivity contribution in [1.82, 2.24) is 25.1 Å². The number of nitrogens with zero attached hydrogens (tertiary/aromatic N) is 5. The van der Waals surface area contributed by atoms with Crippen LogP contribution in [-0.4, -0.2) is 69.6 Å². The number of pyridine rings is 1. The summed E-state index contributed by atoms with van der Waals surface area (Å²) >= 11 is 1.55. The molecule has 1 aliphatic heterocycles. The minimum atomic E-state index is -0.167. The second kappa shape index (κ2) is 8.75. The molecule has 5 heterocycles. The molecule has 4 aromatic rings. The molecular formula is C22H22N6O4S. The molecule has 1 N–H and O–H groups in total. The maximum atomic E-state index is 13.5. The van der Waals surface area contributed by atoms with Gasteiger partial charge in [0.15, 0.2) is 5.82 Å². The summed E-state index contributed by atoms with van der Waals surface area (Å²) in [5, 5.41) is 13.1. The highest BCUT2D eigenvalue weighted by Crippen LogP contribution is 2.30. The van der Waals surface area contributed by atoms with Crippen LogP contribution in [0.1, 0.15) is 21.8 Å². The van der Waals surface area contributed by atoms with E-state index in [0.717, 1.165) is 4.88 Å². The molecule has 1 aliphatic rings. The minimum Gasteiger partial charge on any atom is -0.360 e. The van der Waals surface area contributed by atoms with Gasteiger partial charge in [-0.2, -0.15) is 0 Å². The number of aromatic nitrogens is 3. The SMILES string of the molecule is Cc1cc(NC(=O)CN2CCN(C(=O)c3cc(-c4cccs4)nc4onc(C)c34)CC2)no1. The van der Waals surface area contributed by atoms with Crippen molar-refractivity contribution in [3.8, 4) is 10.6 Å². The third kappa shape index (κ3) is 4.37. The minimum absolute atomic E-state index is 0.0892. The van der Waals surface area contributed by atoms with Crippen molar-refractivity contribution >= 4 is 40.1 Å². The number of thiophene rings is 1. The zero-order valence-corrected chi connectivity index (χ0v) is 19.0. The predicted octanol–water partition coefficient (Wildman–Crippen LogP) is 2.95. The van der Waals surface area contributed by atoms with Crippen LogP contribution in [-0.2, 0) is 4.79 Å². The van der Waals surface area contributed by atoms with Gasteiger partial charge in [-0.15, -0.1) is 11.3 Å². The molecule has 0 aromatic carbocycles. The quantitative estimate of drug-likeness (QED) is 0.477. The van der Waals surface area contributed by atoms with Crippen LogP contribution in [0, 0.1) is 13.8 Å². The highest BCUT2D eigenvalue weighted by Gasteiger charge is 2.27. The lowest BCUT2D eigenvalue weighted by atomic mass is 10.1. The number of hydrogen-bond acceptors (Lipinski definition) is 9. The van der Waals surface area contributed by atoms with Gasteiger partial charge < -0.3 is 19.3 Å². The van der Waals surface area contributed by atoms with Crippen LogP contribution in [0.3, 0.4) is 0 Å². The van der Waals surface area contributed by atoms with Crippen molar-refractivity contribution in [1.29, 1.82) is 0 Å². The van der Waals surface area contributed by atoms with Crippen LogP contribution < -0.4 is 5.32 Å². The van der Waals surface area contributed by atoms with Crippen LogP contribution in [0.4, 0.5) is 5.82 Å². The van der Waals surface area contributed by atoms with Crippen molar-refractivity contribution < 1.29 is 18.6 Å². The molecule has 170 valence electrons. The topological polar surface area (TPSA) is 118 Å². The number of carbonyl (C=O) groups is 2. The number of aryl methyl sites for hydroxylation is 2. The molecule has 1 fully saturated rings. The molecule has 0 bridgehead atoms. The zero-order valence-electron chi connectivity index (χ0n) is 18.2. The summed E-state index contributed by atoms with van der Waals surface area (Å²) in [6.45, 7) is 6.00. The van der Waals surface area contributed by atoms with Gasteiger partial charge in [-0.05, 0) is 31.4 Å². The van der Waals surface area contributed by atoms with Gasteiger partial charge in [0, 0.05) is 32.2 Å². The summed E-state index contributed by atoms with van der Waals surface area (Å²) in [4.78, 5) is 35.1. The smallest absolute Gasteiger partial charge is 0.259 e. The van der Waals surface area contributed by atoms with Crippen LogP contribution in [0.15, 0.2) is 38.7 Å². The van der Waals surface area contributed by atoms with Gasteiger partial charge in [-0.25, -0.2) is 4.98 Å². The Bertz CT molecular complexity index is 1300. The monoisotopic (exact) mass is 466 g/mol. The summed E-state index contributed by atoms with van der Waals surface area (Å²) < 4.78 is 10.4. The van der Waals surface area contributed by atoms with Gasteiger partial charge >= 0.3 is 0 Å². The van der Waals surface area contributed by atoms with Crippen molar-refractivity contribution in [3.63, 3.8) is 0 Å². The molecule has 0 radical (unpaired) electrons. The Morgan fingerprint density at radius 1 is 1.12 bits per heavy atom. The number of anilines is 1. The lowest BCUT2D eigenvalue weighted by molar-refractivity contribution is -0.117. The van der Waals surface area contributed by atoms with Gasteiger partial charge in [-0.1, -0.05) is 16.4 Å². The summed E-state index contributed by atoms with van der Waals surface area (Å²) in [6, 6.07) is 7.39. The number of nitrogens with one attached hydrogen (secondary N) is 1. The summed E-state index contributed by atoms with van der Waals surface area (Å²) in [5.74, 6) is 0.778. The standard InChI is InChI=1S/C22H22N6O4S/c1-13-10-18(26-31-13)24-19(29)12-27-5-7-28(8-6-27)22(30)15-11-16(17-4-3-9-33-17)23-21-20(15)14(2)25-32-21/h3-4,9-11H,5-8,12H2,1-2H3,(H,24,26,29). The molecule has 2 amide bonds. The third-order valence-electron chi connectivity index (χ3n) is 5.54. The predicted molar refractivity (Wildman–Crippen MR) is 122 cm³/mol.